The number of carbonyl (C=O) groups excluding carboxylic acids is 1. The van der Waals surface area contributed by atoms with Crippen LogP contribution in [0.1, 0.15) is 25.0 Å². The molecule has 0 saturated carbocycles. The van der Waals surface area contributed by atoms with Gasteiger partial charge in [-0.3, -0.25) is 4.79 Å². The molecule has 1 aromatic heterocycles. The summed E-state index contributed by atoms with van der Waals surface area (Å²) in [6.45, 7) is 1.86. The number of likely N-dealkylation sites (tertiary alicyclic amines) is 1. The van der Waals surface area contributed by atoms with Crippen LogP contribution < -0.4 is 5.32 Å². The fourth-order valence-corrected chi connectivity index (χ4v) is 2.95. The third kappa shape index (κ3) is 4.48. The Hall–Kier alpha value is -1.63. The number of piperidine rings is 1. The molecule has 2 amide bonds. The molecule has 6 nitrogen and oxygen atoms in total. The predicted octanol–water partition coefficient (Wildman–Crippen LogP) is 1.58. The highest BCUT2D eigenvalue weighted by atomic mass is 32.1. The molecule has 0 spiro atoms. The van der Waals surface area contributed by atoms with Crippen molar-refractivity contribution in [3.8, 4) is 0 Å². The maximum absolute atomic E-state index is 11.9. The molecule has 2 heterocycles. The number of carboxylic acids is 1. The molecular weight excluding hydrogens is 278 g/mol. The van der Waals surface area contributed by atoms with E-state index in [2.05, 4.69) is 10.3 Å². The van der Waals surface area contributed by atoms with Crippen LogP contribution in [0.4, 0.5) is 4.79 Å². The van der Waals surface area contributed by atoms with Crippen molar-refractivity contribution in [1.82, 2.24) is 15.2 Å². The van der Waals surface area contributed by atoms with Crippen LogP contribution in [0.15, 0.2) is 10.9 Å². The number of carboxylic acid groups (broad SMARTS) is 1. The number of aliphatic carboxylic acids is 1. The van der Waals surface area contributed by atoms with Crippen LogP contribution >= 0.6 is 11.3 Å². The first kappa shape index (κ1) is 14.8. The molecule has 1 fully saturated rings. The standard InChI is InChI=1S/C13H19N3O3S/c17-12(18)7-10-2-5-16(6-3-10)13(19)14-4-1-11-8-20-9-15-11/h8-10H,1-7H2,(H,14,19)(H,17,18). The SMILES string of the molecule is O=C(O)CC1CCN(C(=O)NCCc2cscn2)CC1. The highest BCUT2D eigenvalue weighted by Crippen LogP contribution is 2.20. The monoisotopic (exact) mass is 297 g/mol. The normalized spacial score (nSPS) is 16.1. The summed E-state index contributed by atoms with van der Waals surface area (Å²) < 4.78 is 0. The van der Waals surface area contributed by atoms with Crippen molar-refractivity contribution < 1.29 is 14.7 Å². The Morgan fingerprint density at radius 1 is 1.45 bits per heavy atom. The maximum atomic E-state index is 11.9. The van der Waals surface area contributed by atoms with Gasteiger partial charge in [0.05, 0.1) is 11.2 Å². The second-order valence-corrected chi connectivity index (χ2v) is 5.71. The summed E-state index contributed by atoms with van der Waals surface area (Å²) in [6.07, 6.45) is 2.49. The van der Waals surface area contributed by atoms with Crippen molar-refractivity contribution >= 4 is 23.3 Å². The van der Waals surface area contributed by atoms with Crippen molar-refractivity contribution in [3.05, 3.63) is 16.6 Å². The zero-order valence-electron chi connectivity index (χ0n) is 11.2. The second kappa shape index (κ2) is 7.23. The molecule has 0 aliphatic carbocycles. The number of amides is 2. The van der Waals surface area contributed by atoms with E-state index in [1.165, 1.54) is 0 Å². The molecule has 0 radical (unpaired) electrons. The van der Waals surface area contributed by atoms with Crippen LogP contribution in [0.25, 0.3) is 0 Å². The number of nitrogens with one attached hydrogen (secondary N) is 1. The first-order valence-electron chi connectivity index (χ1n) is 6.77. The third-order valence-electron chi connectivity index (χ3n) is 3.51. The minimum absolute atomic E-state index is 0.0611. The van der Waals surface area contributed by atoms with E-state index < -0.39 is 5.97 Å². The lowest BCUT2D eigenvalue weighted by Gasteiger charge is -2.31. The molecular formula is C13H19N3O3S. The van der Waals surface area contributed by atoms with Crippen molar-refractivity contribution in [1.29, 1.82) is 0 Å². The van der Waals surface area contributed by atoms with Gasteiger partial charge in [0.25, 0.3) is 0 Å². The fourth-order valence-electron chi connectivity index (χ4n) is 2.36. The van der Waals surface area contributed by atoms with Gasteiger partial charge in [-0.05, 0) is 18.8 Å². The van der Waals surface area contributed by atoms with Gasteiger partial charge in [0, 0.05) is 37.9 Å². The Balaban J connectivity index is 1.65. The van der Waals surface area contributed by atoms with Crippen LogP contribution in [0.3, 0.4) is 0 Å². The summed E-state index contributed by atoms with van der Waals surface area (Å²) >= 11 is 1.55. The summed E-state index contributed by atoms with van der Waals surface area (Å²) in [7, 11) is 0. The maximum Gasteiger partial charge on any atom is 0.317 e. The van der Waals surface area contributed by atoms with Crippen LogP contribution in [-0.2, 0) is 11.2 Å². The summed E-state index contributed by atoms with van der Waals surface area (Å²) in [6, 6.07) is -0.0611. The summed E-state index contributed by atoms with van der Waals surface area (Å²) in [5, 5.41) is 13.6. The average molecular weight is 297 g/mol. The Morgan fingerprint density at radius 3 is 2.80 bits per heavy atom. The van der Waals surface area contributed by atoms with E-state index >= 15 is 0 Å². The molecule has 2 N–H and O–H groups in total. The average Bonchev–Trinajstić information content (AvgIpc) is 2.92. The third-order valence-corrected chi connectivity index (χ3v) is 4.14. The van der Waals surface area contributed by atoms with Gasteiger partial charge in [0.1, 0.15) is 0 Å². The number of carbonyl (C=O) groups is 2. The van der Waals surface area contributed by atoms with E-state index in [0.717, 1.165) is 25.0 Å². The molecule has 20 heavy (non-hydrogen) atoms. The number of hydrogen-bond donors (Lipinski definition) is 2. The zero-order valence-corrected chi connectivity index (χ0v) is 12.1. The number of thiazole rings is 1. The van der Waals surface area contributed by atoms with E-state index in [0.29, 0.717) is 19.6 Å². The molecule has 1 aromatic rings. The largest absolute Gasteiger partial charge is 0.481 e. The number of nitrogens with zero attached hydrogens (tertiary/aromatic N) is 2. The summed E-state index contributed by atoms with van der Waals surface area (Å²) in [4.78, 5) is 28.5. The number of aromatic nitrogens is 1. The van der Waals surface area contributed by atoms with Crippen LogP contribution in [-0.4, -0.2) is 46.6 Å². The van der Waals surface area contributed by atoms with Crippen LogP contribution in [0.5, 0.6) is 0 Å². The van der Waals surface area contributed by atoms with Gasteiger partial charge >= 0.3 is 12.0 Å². The van der Waals surface area contributed by atoms with Gasteiger partial charge in [0.15, 0.2) is 0 Å². The number of hydrogen-bond acceptors (Lipinski definition) is 4. The molecule has 110 valence electrons. The van der Waals surface area contributed by atoms with Gasteiger partial charge in [-0.1, -0.05) is 0 Å². The lowest BCUT2D eigenvalue weighted by Crippen LogP contribution is -2.45. The topological polar surface area (TPSA) is 82.5 Å². The molecule has 2 rings (SSSR count). The van der Waals surface area contributed by atoms with Crippen LogP contribution in [0.2, 0.25) is 0 Å². The quantitative estimate of drug-likeness (QED) is 0.864. The van der Waals surface area contributed by atoms with Crippen molar-refractivity contribution in [2.24, 2.45) is 5.92 Å². The Bertz CT molecular complexity index is 442. The highest BCUT2D eigenvalue weighted by Gasteiger charge is 2.23. The first-order chi connectivity index (χ1) is 9.65. The minimum Gasteiger partial charge on any atom is -0.481 e. The van der Waals surface area contributed by atoms with E-state index in [-0.39, 0.29) is 18.4 Å². The van der Waals surface area contributed by atoms with E-state index in [9.17, 15) is 9.59 Å². The van der Waals surface area contributed by atoms with Gasteiger partial charge < -0.3 is 15.3 Å². The Kier molecular flexibility index (Phi) is 5.34. The van der Waals surface area contributed by atoms with Crippen LogP contribution in [0, 0.1) is 5.92 Å². The van der Waals surface area contributed by atoms with Gasteiger partial charge in [0.2, 0.25) is 0 Å². The van der Waals surface area contributed by atoms with E-state index in [1.54, 1.807) is 21.7 Å². The molecule has 0 bridgehead atoms. The highest BCUT2D eigenvalue weighted by molar-refractivity contribution is 7.07. The molecule has 0 aromatic carbocycles. The molecule has 1 saturated heterocycles. The van der Waals surface area contributed by atoms with Crippen molar-refractivity contribution in [3.63, 3.8) is 0 Å². The van der Waals surface area contributed by atoms with Gasteiger partial charge in [-0.15, -0.1) is 11.3 Å². The van der Waals surface area contributed by atoms with Crippen molar-refractivity contribution in [2.45, 2.75) is 25.7 Å². The van der Waals surface area contributed by atoms with E-state index in [4.69, 9.17) is 5.11 Å². The van der Waals surface area contributed by atoms with Crippen molar-refractivity contribution in [2.75, 3.05) is 19.6 Å². The fraction of sp³-hybridized carbons (Fsp3) is 0.615. The lowest BCUT2D eigenvalue weighted by molar-refractivity contribution is -0.138. The lowest BCUT2D eigenvalue weighted by atomic mass is 9.94. The number of rotatable bonds is 5. The molecule has 0 unspecified atom stereocenters. The Morgan fingerprint density at radius 2 is 2.20 bits per heavy atom. The predicted molar refractivity (Wildman–Crippen MR) is 75.8 cm³/mol. The number of urea groups is 1. The van der Waals surface area contributed by atoms with E-state index in [1.807, 2.05) is 5.38 Å². The molecule has 7 heteroatoms. The summed E-state index contributed by atoms with van der Waals surface area (Å²) in [5.41, 5.74) is 2.78. The second-order valence-electron chi connectivity index (χ2n) is 4.99. The molecule has 1 aliphatic heterocycles. The zero-order chi connectivity index (χ0) is 14.4. The Labute approximate surface area is 121 Å². The minimum atomic E-state index is -0.754. The van der Waals surface area contributed by atoms with Gasteiger partial charge in [-0.2, -0.15) is 0 Å². The van der Waals surface area contributed by atoms with Gasteiger partial charge in [-0.25, -0.2) is 9.78 Å². The smallest absolute Gasteiger partial charge is 0.317 e. The molecule has 1 aliphatic rings. The molecule has 0 atom stereocenters. The summed E-state index contributed by atoms with van der Waals surface area (Å²) in [5.74, 6) is -0.553. The first-order valence-corrected chi connectivity index (χ1v) is 7.71.